The lowest BCUT2D eigenvalue weighted by atomic mass is 10.1. The van der Waals surface area contributed by atoms with E-state index in [0.717, 1.165) is 11.1 Å². The number of carbonyl (C=O) groups excluding carboxylic acids is 1. The Morgan fingerprint density at radius 3 is 2.57 bits per heavy atom. The predicted octanol–water partition coefficient (Wildman–Crippen LogP) is 1.83. The van der Waals surface area contributed by atoms with Gasteiger partial charge in [0.15, 0.2) is 0 Å². The van der Waals surface area contributed by atoms with Crippen molar-refractivity contribution < 1.29 is 17.9 Å². The van der Waals surface area contributed by atoms with Crippen LogP contribution in [0.3, 0.4) is 0 Å². The highest BCUT2D eigenvalue weighted by atomic mass is 32.2. The maximum atomic E-state index is 12.1. The number of nitrogens with two attached hydrogens (primary N) is 1. The van der Waals surface area contributed by atoms with Crippen LogP contribution in [0.25, 0.3) is 0 Å². The van der Waals surface area contributed by atoms with Crippen molar-refractivity contribution in [3.8, 4) is 5.75 Å². The molecule has 6 nitrogen and oxygen atoms in total. The maximum Gasteiger partial charge on any atom is 0.241 e. The number of hydrogen-bond donors (Lipinski definition) is 2. The average Bonchev–Trinajstić information content (AvgIpc) is 2.46. The monoisotopic (exact) mass is 334 g/mol. The third-order valence-electron chi connectivity index (χ3n) is 3.20. The van der Waals surface area contributed by atoms with Crippen LogP contribution in [0.4, 0.5) is 5.69 Å². The van der Waals surface area contributed by atoms with Crippen LogP contribution in [-0.2, 0) is 21.2 Å². The van der Waals surface area contributed by atoms with Crippen molar-refractivity contribution in [3.05, 3.63) is 53.6 Å². The third kappa shape index (κ3) is 4.54. The van der Waals surface area contributed by atoms with Crippen molar-refractivity contribution >= 4 is 21.6 Å². The van der Waals surface area contributed by atoms with Crippen LogP contribution in [0.5, 0.6) is 5.75 Å². The standard InChI is InChI=1S/C16H18N2O4S/c1-11-4-3-5-12(8-11)9-16(19)18-13-6-7-14(22-2)15(10-13)23(17,20)21/h3-8,10H,9H2,1-2H3,(H,18,19)(H2,17,20,21). The van der Waals surface area contributed by atoms with E-state index < -0.39 is 10.0 Å². The van der Waals surface area contributed by atoms with E-state index in [-0.39, 0.29) is 23.0 Å². The topological polar surface area (TPSA) is 98.5 Å². The molecule has 0 aromatic heterocycles. The van der Waals surface area contributed by atoms with E-state index in [1.54, 1.807) is 6.07 Å². The molecule has 2 rings (SSSR count). The SMILES string of the molecule is COc1ccc(NC(=O)Cc2cccc(C)c2)cc1S(N)(=O)=O. The molecule has 0 fully saturated rings. The van der Waals surface area contributed by atoms with Crippen LogP contribution in [0.1, 0.15) is 11.1 Å². The van der Waals surface area contributed by atoms with E-state index in [9.17, 15) is 13.2 Å². The molecule has 0 atom stereocenters. The zero-order valence-corrected chi connectivity index (χ0v) is 13.7. The number of benzene rings is 2. The Kier molecular flexibility index (Phi) is 5.02. The van der Waals surface area contributed by atoms with Crippen LogP contribution in [0.15, 0.2) is 47.4 Å². The van der Waals surface area contributed by atoms with Crippen LogP contribution >= 0.6 is 0 Å². The van der Waals surface area contributed by atoms with Crippen LogP contribution < -0.4 is 15.2 Å². The number of nitrogens with one attached hydrogen (secondary N) is 1. The lowest BCUT2D eigenvalue weighted by molar-refractivity contribution is -0.115. The molecule has 0 bridgehead atoms. The fraction of sp³-hybridized carbons (Fsp3) is 0.188. The fourth-order valence-electron chi connectivity index (χ4n) is 2.19. The Labute approximate surface area is 135 Å². The minimum atomic E-state index is -3.94. The van der Waals surface area contributed by atoms with Crippen molar-refractivity contribution in [2.24, 2.45) is 5.14 Å². The number of ether oxygens (including phenoxy) is 1. The maximum absolute atomic E-state index is 12.1. The molecule has 2 aromatic rings. The quantitative estimate of drug-likeness (QED) is 0.871. The first kappa shape index (κ1) is 17.0. The molecule has 0 aliphatic rings. The summed E-state index contributed by atoms with van der Waals surface area (Å²) in [4.78, 5) is 11.9. The normalized spacial score (nSPS) is 11.1. The second kappa shape index (κ2) is 6.80. The molecule has 122 valence electrons. The molecule has 0 saturated carbocycles. The highest BCUT2D eigenvalue weighted by Crippen LogP contribution is 2.26. The summed E-state index contributed by atoms with van der Waals surface area (Å²) in [5.41, 5.74) is 2.28. The van der Waals surface area contributed by atoms with Gasteiger partial charge in [-0.2, -0.15) is 0 Å². The molecular formula is C16H18N2O4S. The highest BCUT2D eigenvalue weighted by Gasteiger charge is 2.16. The van der Waals surface area contributed by atoms with Gasteiger partial charge >= 0.3 is 0 Å². The zero-order chi connectivity index (χ0) is 17.0. The molecule has 0 heterocycles. The minimum absolute atomic E-state index is 0.129. The molecule has 7 heteroatoms. The Hall–Kier alpha value is -2.38. The Bertz CT molecular complexity index is 832. The van der Waals surface area contributed by atoms with Crippen LogP contribution in [0, 0.1) is 6.92 Å². The van der Waals surface area contributed by atoms with Crippen molar-refractivity contribution in [1.29, 1.82) is 0 Å². The predicted molar refractivity (Wildman–Crippen MR) is 87.9 cm³/mol. The van der Waals surface area contributed by atoms with Gasteiger partial charge in [-0.3, -0.25) is 4.79 Å². The van der Waals surface area contributed by atoms with E-state index in [0.29, 0.717) is 5.69 Å². The number of aryl methyl sites for hydroxylation is 1. The first-order valence-electron chi connectivity index (χ1n) is 6.86. The number of primary sulfonamides is 1. The number of rotatable bonds is 5. The minimum Gasteiger partial charge on any atom is -0.495 e. The highest BCUT2D eigenvalue weighted by molar-refractivity contribution is 7.89. The summed E-state index contributed by atoms with van der Waals surface area (Å²) in [6.07, 6.45) is 0.193. The Morgan fingerprint density at radius 2 is 1.96 bits per heavy atom. The van der Waals surface area contributed by atoms with E-state index in [4.69, 9.17) is 9.88 Å². The number of carbonyl (C=O) groups is 1. The molecule has 0 aliphatic heterocycles. The van der Waals surface area contributed by atoms with Gasteiger partial charge in [0, 0.05) is 5.69 Å². The summed E-state index contributed by atoms with van der Waals surface area (Å²) in [5.74, 6) is -0.120. The van der Waals surface area contributed by atoms with E-state index in [1.165, 1.54) is 19.2 Å². The van der Waals surface area contributed by atoms with Crippen LogP contribution in [0.2, 0.25) is 0 Å². The summed E-state index contributed by atoms with van der Waals surface area (Å²) in [5, 5.41) is 7.81. The van der Waals surface area contributed by atoms with Gasteiger partial charge in [-0.1, -0.05) is 29.8 Å². The molecule has 0 radical (unpaired) electrons. The summed E-state index contributed by atoms with van der Waals surface area (Å²) in [6, 6.07) is 11.9. The van der Waals surface area contributed by atoms with Crippen molar-refractivity contribution in [2.75, 3.05) is 12.4 Å². The number of anilines is 1. The zero-order valence-electron chi connectivity index (χ0n) is 12.9. The first-order chi connectivity index (χ1) is 10.8. The lowest BCUT2D eigenvalue weighted by Gasteiger charge is -2.10. The van der Waals surface area contributed by atoms with E-state index >= 15 is 0 Å². The Morgan fingerprint density at radius 1 is 1.22 bits per heavy atom. The van der Waals surface area contributed by atoms with E-state index in [2.05, 4.69) is 5.32 Å². The number of sulfonamides is 1. The van der Waals surface area contributed by atoms with Crippen molar-refractivity contribution in [1.82, 2.24) is 0 Å². The average molecular weight is 334 g/mol. The second-order valence-electron chi connectivity index (χ2n) is 5.12. The smallest absolute Gasteiger partial charge is 0.241 e. The molecule has 1 amide bonds. The largest absolute Gasteiger partial charge is 0.495 e. The third-order valence-corrected chi connectivity index (χ3v) is 4.13. The van der Waals surface area contributed by atoms with Crippen molar-refractivity contribution in [2.45, 2.75) is 18.2 Å². The molecule has 0 aliphatic carbocycles. The molecule has 3 N–H and O–H groups in total. The van der Waals surface area contributed by atoms with Gasteiger partial charge in [-0.05, 0) is 30.7 Å². The molecule has 0 unspecified atom stereocenters. The van der Waals surface area contributed by atoms with Gasteiger partial charge in [0.05, 0.1) is 13.5 Å². The van der Waals surface area contributed by atoms with Gasteiger partial charge in [0.2, 0.25) is 15.9 Å². The number of methoxy groups -OCH3 is 1. The lowest BCUT2D eigenvalue weighted by Crippen LogP contribution is -2.17. The summed E-state index contributed by atoms with van der Waals surface area (Å²) in [6.45, 7) is 1.95. The summed E-state index contributed by atoms with van der Waals surface area (Å²) < 4.78 is 28.1. The number of hydrogen-bond acceptors (Lipinski definition) is 4. The molecule has 0 saturated heterocycles. The van der Waals surface area contributed by atoms with Gasteiger partial charge in [-0.25, -0.2) is 13.6 Å². The first-order valence-corrected chi connectivity index (χ1v) is 8.40. The molecule has 0 spiro atoms. The fourth-order valence-corrected chi connectivity index (χ4v) is 2.91. The van der Waals surface area contributed by atoms with Gasteiger partial charge < -0.3 is 10.1 Å². The molecular weight excluding hydrogens is 316 g/mol. The van der Waals surface area contributed by atoms with Gasteiger partial charge in [0.1, 0.15) is 10.6 Å². The van der Waals surface area contributed by atoms with Gasteiger partial charge in [0.25, 0.3) is 0 Å². The molecule has 2 aromatic carbocycles. The molecule has 23 heavy (non-hydrogen) atoms. The Balaban J connectivity index is 2.18. The van der Waals surface area contributed by atoms with Crippen molar-refractivity contribution in [3.63, 3.8) is 0 Å². The number of amides is 1. The van der Waals surface area contributed by atoms with Crippen LogP contribution in [-0.4, -0.2) is 21.4 Å². The summed E-state index contributed by atoms with van der Waals surface area (Å²) >= 11 is 0. The van der Waals surface area contributed by atoms with Gasteiger partial charge in [-0.15, -0.1) is 0 Å². The second-order valence-corrected chi connectivity index (χ2v) is 6.65. The van der Waals surface area contributed by atoms with E-state index in [1.807, 2.05) is 31.2 Å². The summed E-state index contributed by atoms with van der Waals surface area (Å²) in [7, 11) is -2.60.